The molecule has 0 spiro atoms. The molecular weight excluding hydrogens is 426 g/mol. The van der Waals surface area contributed by atoms with Gasteiger partial charge in [-0.2, -0.15) is 0 Å². The number of carbonyl (C=O) groups is 3. The standard InChI is InChI=1S/C22H22F2N2O6/c23-20(24)17(9-19(28)25-18(10-27)21(29)30)26-22(31)32-11-16-14-7-3-1-5-12(14)13-6-2-4-8-15(13)16/h1-8,16-18,20,27H,9-11H2,(H,25,28)(H,26,31)(H,29,30)/t17?,18-/m0/s1. The second-order valence-electron chi connectivity index (χ2n) is 7.26. The summed E-state index contributed by atoms with van der Waals surface area (Å²) in [5.74, 6) is -2.84. The van der Waals surface area contributed by atoms with E-state index >= 15 is 0 Å². The minimum absolute atomic E-state index is 0.0897. The first-order valence-electron chi connectivity index (χ1n) is 9.84. The molecule has 0 saturated heterocycles. The summed E-state index contributed by atoms with van der Waals surface area (Å²) in [6.45, 7) is -0.992. The molecule has 0 aliphatic heterocycles. The van der Waals surface area contributed by atoms with E-state index in [1.54, 1.807) is 0 Å². The van der Waals surface area contributed by atoms with Gasteiger partial charge >= 0.3 is 12.1 Å². The van der Waals surface area contributed by atoms with Gasteiger partial charge in [0, 0.05) is 5.92 Å². The summed E-state index contributed by atoms with van der Waals surface area (Å²) >= 11 is 0. The van der Waals surface area contributed by atoms with E-state index in [0.29, 0.717) is 0 Å². The van der Waals surface area contributed by atoms with Crippen molar-refractivity contribution in [3.8, 4) is 11.1 Å². The lowest BCUT2D eigenvalue weighted by Gasteiger charge is -2.20. The third kappa shape index (κ3) is 5.20. The van der Waals surface area contributed by atoms with Crippen molar-refractivity contribution in [2.75, 3.05) is 13.2 Å². The maximum Gasteiger partial charge on any atom is 0.407 e. The average Bonchev–Trinajstić information content (AvgIpc) is 3.09. The van der Waals surface area contributed by atoms with Gasteiger partial charge in [-0.3, -0.25) is 4.79 Å². The van der Waals surface area contributed by atoms with Crippen molar-refractivity contribution < 1.29 is 38.1 Å². The first-order valence-corrected chi connectivity index (χ1v) is 9.84. The number of aliphatic carboxylic acids is 1. The number of halogens is 2. The number of alkyl halides is 2. The fourth-order valence-corrected chi connectivity index (χ4v) is 3.63. The zero-order valence-electron chi connectivity index (χ0n) is 16.8. The molecule has 3 rings (SSSR count). The van der Waals surface area contributed by atoms with Crippen molar-refractivity contribution in [3.05, 3.63) is 59.7 Å². The van der Waals surface area contributed by atoms with Crippen molar-refractivity contribution in [1.82, 2.24) is 10.6 Å². The van der Waals surface area contributed by atoms with Crippen molar-refractivity contribution in [3.63, 3.8) is 0 Å². The highest BCUT2D eigenvalue weighted by Crippen LogP contribution is 2.44. The minimum atomic E-state index is -3.10. The van der Waals surface area contributed by atoms with Gasteiger partial charge in [0.25, 0.3) is 6.43 Å². The van der Waals surface area contributed by atoms with Gasteiger partial charge in [-0.15, -0.1) is 0 Å². The normalized spacial score (nSPS) is 14.2. The van der Waals surface area contributed by atoms with E-state index in [1.165, 1.54) is 0 Å². The van der Waals surface area contributed by atoms with Crippen molar-refractivity contribution in [2.45, 2.75) is 30.8 Å². The molecule has 2 atom stereocenters. The van der Waals surface area contributed by atoms with Crippen molar-refractivity contribution >= 4 is 18.0 Å². The quantitative estimate of drug-likeness (QED) is 0.466. The molecule has 32 heavy (non-hydrogen) atoms. The molecule has 0 bridgehead atoms. The van der Waals surface area contributed by atoms with Gasteiger partial charge < -0.3 is 25.6 Å². The number of aliphatic hydroxyl groups is 1. The molecule has 0 radical (unpaired) electrons. The smallest absolute Gasteiger partial charge is 0.407 e. The minimum Gasteiger partial charge on any atom is -0.480 e. The molecule has 170 valence electrons. The largest absolute Gasteiger partial charge is 0.480 e. The predicted octanol–water partition coefficient (Wildman–Crippen LogP) is 2.11. The molecular formula is C22H22F2N2O6. The molecule has 1 aliphatic carbocycles. The third-order valence-electron chi connectivity index (χ3n) is 5.17. The molecule has 8 nitrogen and oxygen atoms in total. The van der Waals surface area contributed by atoms with Crippen LogP contribution >= 0.6 is 0 Å². The summed E-state index contributed by atoms with van der Waals surface area (Å²) < 4.78 is 31.8. The maximum absolute atomic E-state index is 13.3. The molecule has 4 N–H and O–H groups in total. The number of fused-ring (bicyclic) bond motifs is 3. The first kappa shape index (κ1) is 23.1. The number of rotatable bonds is 9. The Balaban J connectivity index is 1.61. The number of carboxylic acids is 1. The van der Waals surface area contributed by atoms with Crippen molar-refractivity contribution in [1.29, 1.82) is 0 Å². The number of amides is 2. The molecule has 0 aromatic heterocycles. The van der Waals surface area contributed by atoms with Crippen LogP contribution < -0.4 is 10.6 Å². The number of aliphatic hydroxyl groups excluding tert-OH is 1. The van der Waals surface area contributed by atoms with E-state index in [0.717, 1.165) is 22.3 Å². The van der Waals surface area contributed by atoms with Crippen LogP contribution in [0.3, 0.4) is 0 Å². The zero-order valence-corrected chi connectivity index (χ0v) is 16.8. The van der Waals surface area contributed by atoms with Crippen LogP contribution in [0.2, 0.25) is 0 Å². The highest BCUT2D eigenvalue weighted by Gasteiger charge is 2.31. The Hall–Kier alpha value is -3.53. The van der Waals surface area contributed by atoms with Gasteiger partial charge in [-0.1, -0.05) is 48.5 Å². The highest BCUT2D eigenvalue weighted by molar-refractivity contribution is 5.84. The van der Waals surface area contributed by atoms with Crippen LogP contribution in [0.5, 0.6) is 0 Å². The Bertz CT molecular complexity index is 954. The average molecular weight is 448 g/mol. The van der Waals surface area contributed by atoms with E-state index in [1.807, 2.05) is 59.2 Å². The molecule has 2 aromatic rings. The van der Waals surface area contributed by atoms with Gasteiger partial charge in [0.15, 0.2) is 0 Å². The lowest BCUT2D eigenvalue weighted by Crippen LogP contribution is -2.48. The fourth-order valence-electron chi connectivity index (χ4n) is 3.63. The van der Waals surface area contributed by atoms with Crippen LogP contribution in [0.25, 0.3) is 11.1 Å². The lowest BCUT2D eigenvalue weighted by atomic mass is 9.98. The number of alkyl carbamates (subject to hydrolysis) is 1. The summed E-state index contributed by atoms with van der Waals surface area (Å²) in [7, 11) is 0. The van der Waals surface area contributed by atoms with Gasteiger partial charge in [0.2, 0.25) is 5.91 Å². The number of carboxylic acid groups (broad SMARTS) is 1. The molecule has 10 heteroatoms. The number of nitrogens with one attached hydrogen (secondary N) is 2. The fraction of sp³-hybridized carbons (Fsp3) is 0.318. The summed E-state index contributed by atoms with van der Waals surface area (Å²) in [4.78, 5) is 34.9. The van der Waals surface area contributed by atoms with Crippen molar-refractivity contribution in [2.24, 2.45) is 0 Å². The first-order chi connectivity index (χ1) is 15.3. The van der Waals surface area contributed by atoms with Crippen LogP contribution in [0.4, 0.5) is 13.6 Å². The summed E-state index contributed by atoms with van der Waals surface area (Å²) in [6, 6.07) is 11.7. The van der Waals surface area contributed by atoms with Crippen LogP contribution in [0.15, 0.2) is 48.5 Å². The molecule has 1 unspecified atom stereocenters. The molecule has 0 heterocycles. The third-order valence-corrected chi connectivity index (χ3v) is 5.17. The Labute approximate surface area is 182 Å². The van der Waals surface area contributed by atoms with Crippen LogP contribution in [0, 0.1) is 0 Å². The molecule has 0 saturated carbocycles. The van der Waals surface area contributed by atoms with Gasteiger partial charge in [0.05, 0.1) is 13.0 Å². The maximum atomic E-state index is 13.3. The van der Waals surface area contributed by atoms with E-state index in [9.17, 15) is 23.2 Å². The van der Waals surface area contributed by atoms with E-state index in [4.69, 9.17) is 14.9 Å². The lowest BCUT2D eigenvalue weighted by molar-refractivity contribution is -0.143. The van der Waals surface area contributed by atoms with Crippen LogP contribution in [-0.4, -0.2) is 59.9 Å². The number of carbonyl (C=O) groups excluding carboxylic acids is 2. The number of hydrogen-bond donors (Lipinski definition) is 4. The molecule has 2 amide bonds. The van der Waals surface area contributed by atoms with E-state index in [-0.39, 0.29) is 12.5 Å². The Kier molecular flexibility index (Phi) is 7.37. The number of benzene rings is 2. The number of ether oxygens (including phenoxy) is 1. The Morgan fingerprint density at radius 2 is 1.53 bits per heavy atom. The van der Waals surface area contributed by atoms with Crippen LogP contribution in [0.1, 0.15) is 23.5 Å². The zero-order chi connectivity index (χ0) is 23.3. The van der Waals surface area contributed by atoms with E-state index in [2.05, 4.69) is 0 Å². The molecule has 2 aromatic carbocycles. The van der Waals surface area contributed by atoms with Gasteiger partial charge in [-0.25, -0.2) is 18.4 Å². The number of hydrogen-bond acceptors (Lipinski definition) is 5. The second-order valence-corrected chi connectivity index (χ2v) is 7.26. The predicted molar refractivity (Wildman–Crippen MR) is 109 cm³/mol. The monoisotopic (exact) mass is 448 g/mol. The topological polar surface area (TPSA) is 125 Å². The summed E-state index contributed by atoms with van der Waals surface area (Å²) in [6.07, 6.45) is -5.11. The SMILES string of the molecule is O=C(CC(NC(=O)OCC1c2ccccc2-c2ccccc21)C(F)F)N[C@@H](CO)C(=O)O. The Morgan fingerprint density at radius 3 is 2.03 bits per heavy atom. The van der Waals surface area contributed by atoms with Crippen LogP contribution in [-0.2, 0) is 14.3 Å². The highest BCUT2D eigenvalue weighted by atomic mass is 19.3. The molecule has 0 fully saturated rings. The van der Waals surface area contributed by atoms with E-state index < -0.39 is 49.5 Å². The summed E-state index contributed by atoms with van der Waals surface area (Å²) in [5, 5.41) is 21.6. The second kappa shape index (κ2) is 10.2. The molecule has 1 aliphatic rings. The summed E-state index contributed by atoms with van der Waals surface area (Å²) in [5.41, 5.74) is 3.93. The van der Waals surface area contributed by atoms with Gasteiger partial charge in [0.1, 0.15) is 18.7 Å². The Morgan fingerprint density at radius 1 is 0.969 bits per heavy atom. The van der Waals surface area contributed by atoms with Gasteiger partial charge in [-0.05, 0) is 22.3 Å².